The molecule has 3 nitrogen and oxygen atoms in total. The van der Waals surface area contributed by atoms with Crippen LogP contribution in [0.15, 0.2) is 23.1 Å². The van der Waals surface area contributed by atoms with Crippen LogP contribution in [0.5, 0.6) is 0 Å². The van der Waals surface area contributed by atoms with E-state index < -0.39 is 0 Å². The highest BCUT2D eigenvalue weighted by Crippen LogP contribution is 2.20. The summed E-state index contributed by atoms with van der Waals surface area (Å²) in [7, 11) is 1.73. The Morgan fingerprint density at radius 1 is 1.53 bits per heavy atom. The SMILES string of the molecule is CCOCCN(C)C(=O)c1cc(S)ccc1Cl. The normalized spacial score (nSPS) is 10.4. The molecule has 1 aromatic carbocycles. The van der Waals surface area contributed by atoms with Crippen molar-refractivity contribution in [2.24, 2.45) is 0 Å². The van der Waals surface area contributed by atoms with E-state index in [-0.39, 0.29) is 5.91 Å². The number of likely N-dealkylation sites (N-methyl/N-ethyl adjacent to an activating group) is 1. The maximum atomic E-state index is 12.1. The van der Waals surface area contributed by atoms with Crippen LogP contribution in [0.25, 0.3) is 0 Å². The molecule has 0 radical (unpaired) electrons. The number of carbonyl (C=O) groups excluding carboxylic acids is 1. The summed E-state index contributed by atoms with van der Waals surface area (Å²) in [5.74, 6) is -0.120. The molecule has 0 aliphatic rings. The van der Waals surface area contributed by atoms with E-state index in [9.17, 15) is 4.79 Å². The molecular formula is C12H16ClNO2S. The molecule has 0 aliphatic heterocycles. The third-order valence-electron chi connectivity index (χ3n) is 2.30. The summed E-state index contributed by atoms with van der Waals surface area (Å²) in [6.07, 6.45) is 0. The third-order valence-corrected chi connectivity index (χ3v) is 2.91. The number of rotatable bonds is 5. The minimum absolute atomic E-state index is 0.120. The summed E-state index contributed by atoms with van der Waals surface area (Å²) < 4.78 is 5.20. The van der Waals surface area contributed by atoms with Crippen molar-refractivity contribution in [1.82, 2.24) is 4.90 Å². The number of benzene rings is 1. The van der Waals surface area contributed by atoms with Crippen molar-refractivity contribution in [3.05, 3.63) is 28.8 Å². The van der Waals surface area contributed by atoms with Gasteiger partial charge in [-0.15, -0.1) is 12.6 Å². The number of carbonyl (C=O) groups is 1. The molecule has 0 unspecified atom stereocenters. The van der Waals surface area contributed by atoms with E-state index in [4.69, 9.17) is 16.3 Å². The molecule has 0 heterocycles. The standard InChI is InChI=1S/C12H16ClNO2S/c1-3-16-7-6-14(2)12(15)10-8-9(17)4-5-11(10)13/h4-5,8,17H,3,6-7H2,1-2H3. The van der Waals surface area contributed by atoms with Crippen LogP contribution >= 0.6 is 24.2 Å². The Labute approximate surface area is 112 Å². The molecule has 1 aromatic rings. The quantitative estimate of drug-likeness (QED) is 0.660. The van der Waals surface area contributed by atoms with Crippen molar-refractivity contribution < 1.29 is 9.53 Å². The number of hydrogen-bond donors (Lipinski definition) is 1. The summed E-state index contributed by atoms with van der Waals surface area (Å²) in [5.41, 5.74) is 0.471. The molecule has 0 saturated heterocycles. The van der Waals surface area contributed by atoms with Crippen LogP contribution in [-0.4, -0.2) is 37.6 Å². The smallest absolute Gasteiger partial charge is 0.255 e. The van der Waals surface area contributed by atoms with Crippen molar-refractivity contribution in [1.29, 1.82) is 0 Å². The fourth-order valence-electron chi connectivity index (χ4n) is 1.33. The van der Waals surface area contributed by atoms with E-state index in [1.807, 2.05) is 6.92 Å². The van der Waals surface area contributed by atoms with Gasteiger partial charge < -0.3 is 9.64 Å². The second-order valence-corrected chi connectivity index (χ2v) is 4.51. The maximum absolute atomic E-state index is 12.1. The van der Waals surface area contributed by atoms with Crippen molar-refractivity contribution >= 4 is 30.1 Å². The van der Waals surface area contributed by atoms with Crippen molar-refractivity contribution in [2.45, 2.75) is 11.8 Å². The van der Waals surface area contributed by atoms with Gasteiger partial charge in [0.2, 0.25) is 0 Å². The summed E-state index contributed by atoms with van der Waals surface area (Å²) in [5, 5.41) is 0.441. The van der Waals surface area contributed by atoms with Gasteiger partial charge in [0, 0.05) is 25.1 Å². The van der Waals surface area contributed by atoms with Crippen LogP contribution in [0.2, 0.25) is 5.02 Å². The van der Waals surface area contributed by atoms with Crippen LogP contribution in [0, 0.1) is 0 Å². The number of halogens is 1. The average molecular weight is 274 g/mol. The first-order chi connectivity index (χ1) is 8.06. The van der Waals surface area contributed by atoms with E-state index in [2.05, 4.69) is 12.6 Å². The number of hydrogen-bond acceptors (Lipinski definition) is 3. The lowest BCUT2D eigenvalue weighted by molar-refractivity contribution is 0.0710. The second-order valence-electron chi connectivity index (χ2n) is 3.59. The Balaban J connectivity index is 2.71. The molecule has 1 rings (SSSR count). The van der Waals surface area contributed by atoms with Gasteiger partial charge in [-0.25, -0.2) is 0 Å². The lowest BCUT2D eigenvalue weighted by atomic mass is 10.2. The zero-order valence-electron chi connectivity index (χ0n) is 9.94. The highest BCUT2D eigenvalue weighted by Gasteiger charge is 2.14. The molecule has 17 heavy (non-hydrogen) atoms. The second kappa shape index (κ2) is 6.89. The first-order valence-corrected chi connectivity index (χ1v) is 6.20. The van der Waals surface area contributed by atoms with Gasteiger partial charge >= 0.3 is 0 Å². The van der Waals surface area contributed by atoms with E-state index in [0.717, 1.165) is 4.90 Å². The Bertz CT molecular complexity index is 398. The van der Waals surface area contributed by atoms with E-state index in [0.29, 0.717) is 30.3 Å². The molecule has 0 fully saturated rings. The van der Waals surface area contributed by atoms with Gasteiger partial charge in [-0.05, 0) is 25.1 Å². The van der Waals surface area contributed by atoms with Gasteiger partial charge in [-0.1, -0.05) is 11.6 Å². The molecule has 5 heteroatoms. The van der Waals surface area contributed by atoms with Gasteiger partial charge in [-0.3, -0.25) is 4.79 Å². The highest BCUT2D eigenvalue weighted by molar-refractivity contribution is 7.80. The number of thiol groups is 1. The number of ether oxygens (including phenoxy) is 1. The number of amides is 1. The predicted octanol–water partition coefficient (Wildman–Crippen LogP) is 2.74. The Morgan fingerprint density at radius 2 is 2.24 bits per heavy atom. The molecule has 94 valence electrons. The first-order valence-electron chi connectivity index (χ1n) is 5.38. The molecule has 0 atom stereocenters. The van der Waals surface area contributed by atoms with Gasteiger partial charge in [-0.2, -0.15) is 0 Å². The monoisotopic (exact) mass is 273 g/mol. The van der Waals surface area contributed by atoms with Gasteiger partial charge in [0.25, 0.3) is 5.91 Å². The summed E-state index contributed by atoms with van der Waals surface area (Å²) >= 11 is 10.2. The molecule has 0 N–H and O–H groups in total. The van der Waals surface area contributed by atoms with Gasteiger partial charge in [0.1, 0.15) is 0 Å². The van der Waals surface area contributed by atoms with Crippen LogP contribution < -0.4 is 0 Å². The Kier molecular flexibility index (Phi) is 5.82. The molecule has 0 bridgehead atoms. The Hall–Kier alpha value is -0.710. The average Bonchev–Trinajstić information content (AvgIpc) is 2.31. The zero-order chi connectivity index (χ0) is 12.8. The van der Waals surface area contributed by atoms with Crippen molar-refractivity contribution in [3.8, 4) is 0 Å². The van der Waals surface area contributed by atoms with Crippen LogP contribution in [0.1, 0.15) is 17.3 Å². The van der Waals surface area contributed by atoms with E-state index in [1.165, 1.54) is 0 Å². The Morgan fingerprint density at radius 3 is 2.88 bits per heavy atom. The molecular weight excluding hydrogens is 258 g/mol. The summed E-state index contributed by atoms with van der Waals surface area (Å²) in [6, 6.07) is 5.10. The predicted molar refractivity (Wildman–Crippen MR) is 72.2 cm³/mol. The highest BCUT2D eigenvalue weighted by atomic mass is 35.5. The maximum Gasteiger partial charge on any atom is 0.255 e. The van der Waals surface area contributed by atoms with Crippen LogP contribution in [0.3, 0.4) is 0 Å². The molecule has 0 saturated carbocycles. The first kappa shape index (κ1) is 14.4. The minimum atomic E-state index is -0.120. The van der Waals surface area contributed by atoms with Gasteiger partial charge in [0.05, 0.1) is 17.2 Å². The lowest BCUT2D eigenvalue weighted by Crippen LogP contribution is -2.30. The van der Waals surface area contributed by atoms with E-state index in [1.54, 1.807) is 30.1 Å². The fraction of sp³-hybridized carbons (Fsp3) is 0.417. The van der Waals surface area contributed by atoms with Crippen molar-refractivity contribution in [3.63, 3.8) is 0 Å². The summed E-state index contributed by atoms with van der Waals surface area (Å²) in [4.78, 5) is 14.4. The molecule has 0 aromatic heterocycles. The van der Waals surface area contributed by atoms with E-state index >= 15 is 0 Å². The van der Waals surface area contributed by atoms with Crippen LogP contribution in [0.4, 0.5) is 0 Å². The van der Waals surface area contributed by atoms with Crippen molar-refractivity contribution in [2.75, 3.05) is 26.8 Å². The minimum Gasteiger partial charge on any atom is -0.380 e. The molecule has 0 spiro atoms. The number of nitrogens with zero attached hydrogens (tertiary/aromatic N) is 1. The van der Waals surface area contributed by atoms with Gasteiger partial charge in [0.15, 0.2) is 0 Å². The topological polar surface area (TPSA) is 29.5 Å². The lowest BCUT2D eigenvalue weighted by Gasteiger charge is -2.17. The summed E-state index contributed by atoms with van der Waals surface area (Å²) in [6.45, 7) is 3.63. The van der Waals surface area contributed by atoms with Crippen LogP contribution in [-0.2, 0) is 4.74 Å². The molecule has 0 aliphatic carbocycles. The third kappa shape index (κ3) is 4.22. The largest absolute Gasteiger partial charge is 0.380 e. The molecule has 1 amide bonds. The zero-order valence-corrected chi connectivity index (χ0v) is 11.6. The fourth-order valence-corrected chi connectivity index (χ4v) is 1.73.